The van der Waals surface area contributed by atoms with Gasteiger partial charge in [0.2, 0.25) is 5.95 Å². The van der Waals surface area contributed by atoms with Gasteiger partial charge in [-0.1, -0.05) is 12.1 Å². The predicted octanol–water partition coefficient (Wildman–Crippen LogP) is 5.82. The molecular formula is C28H28F3N5O2S2. The molecule has 12 heteroatoms. The van der Waals surface area contributed by atoms with Gasteiger partial charge in [0.1, 0.15) is 10.4 Å². The van der Waals surface area contributed by atoms with Crippen LogP contribution in [0.3, 0.4) is 0 Å². The Bertz CT molecular complexity index is 1460. The smallest absolute Gasteiger partial charge is 0.377 e. The number of fused-ring (bicyclic) bond motifs is 1. The molecule has 3 fully saturated rings. The van der Waals surface area contributed by atoms with Crippen molar-refractivity contribution in [3.8, 4) is 10.6 Å². The highest BCUT2D eigenvalue weighted by Crippen LogP contribution is 2.46. The fraction of sp³-hybridized carbons (Fsp3) is 0.464. The zero-order valence-corrected chi connectivity index (χ0v) is 23.5. The van der Waals surface area contributed by atoms with E-state index in [2.05, 4.69) is 39.4 Å². The van der Waals surface area contributed by atoms with E-state index in [9.17, 15) is 18.0 Å². The Morgan fingerprint density at radius 1 is 1.12 bits per heavy atom. The fourth-order valence-electron chi connectivity index (χ4n) is 5.53. The summed E-state index contributed by atoms with van der Waals surface area (Å²) in [6.07, 6.45) is -1.60. The number of hydrogen-bond donors (Lipinski definition) is 1. The number of carbonyl (C=O) groups is 1. The van der Waals surface area contributed by atoms with E-state index in [-0.39, 0.29) is 23.6 Å². The summed E-state index contributed by atoms with van der Waals surface area (Å²) in [6.45, 7) is 3.62. The third-order valence-electron chi connectivity index (χ3n) is 8.01. The van der Waals surface area contributed by atoms with Gasteiger partial charge in [-0.2, -0.15) is 13.2 Å². The summed E-state index contributed by atoms with van der Waals surface area (Å²) in [7, 11) is 2.10. The van der Waals surface area contributed by atoms with Crippen molar-refractivity contribution >= 4 is 40.6 Å². The lowest BCUT2D eigenvalue weighted by molar-refractivity contribution is -0.137. The summed E-state index contributed by atoms with van der Waals surface area (Å²) >= 11 is 2.56. The molecule has 4 aliphatic rings. The van der Waals surface area contributed by atoms with Crippen molar-refractivity contribution in [1.29, 1.82) is 0 Å². The van der Waals surface area contributed by atoms with E-state index in [0.29, 0.717) is 52.0 Å². The van der Waals surface area contributed by atoms with Crippen molar-refractivity contribution in [2.24, 2.45) is 0 Å². The van der Waals surface area contributed by atoms with Crippen LogP contribution in [0.1, 0.15) is 51.0 Å². The molecule has 1 aromatic carbocycles. The maximum absolute atomic E-state index is 14.1. The molecule has 1 aliphatic carbocycles. The van der Waals surface area contributed by atoms with Crippen molar-refractivity contribution in [2.75, 3.05) is 51.0 Å². The lowest BCUT2D eigenvalue weighted by Gasteiger charge is -2.36. The van der Waals surface area contributed by atoms with Gasteiger partial charge in [0, 0.05) is 48.1 Å². The Morgan fingerprint density at radius 2 is 1.93 bits per heavy atom. The van der Waals surface area contributed by atoms with Crippen LogP contribution in [0.4, 0.5) is 24.8 Å². The Hall–Kier alpha value is -2.67. The van der Waals surface area contributed by atoms with Gasteiger partial charge < -0.3 is 19.9 Å². The van der Waals surface area contributed by atoms with Gasteiger partial charge in [-0.3, -0.25) is 4.79 Å². The number of amides is 1. The maximum atomic E-state index is 14.1. The second-order valence-electron chi connectivity index (χ2n) is 11.0. The molecular weight excluding hydrogens is 559 g/mol. The molecule has 7 nitrogen and oxygen atoms in total. The summed E-state index contributed by atoms with van der Waals surface area (Å²) in [4.78, 5) is 27.3. The van der Waals surface area contributed by atoms with Gasteiger partial charge in [-0.25, -0.2) is 9.97 Å². The highest BCUT2D eigenvalue weighted by Gasteiger charge is 2.38. The third kappa shape index (κ3) is 4.88. The first-order valence-electron chi connectivity index (χ1n) is 13.4. The van der Waals surface area contributed by atoms with Gasteiger partial charge in [0.05, 0.1) is 29.8 Å². The Kier molecular flexibility index (Phi) is 6.56. The van der Waals surface area contributed by atoms with Gasteiger partial charge in [-0.15, -0.1) is 23.1 Å². The molecule has 0 bridgehead atoms. The minimum absolute atomic E-state index is 0.0161. The molecule has 40 heavy (non-hydrogen) atoms. The first kappa shape index (κ1) is 26.2. The standard InChI is InChI=1S/C28H28F3N5O2S2/c1-35-11-17(12-35)16-4-5-21(19(8-16)15-2-3-15)33-27-32-10-20(28(29,30)31)24(34-27)22-9-23-25(40-22)26(37)36(6-7-39-23)18-13-38-14-18/h4-5,8-10,15,17-18H,2-3,6-7,11-14H2,1H3,(H,32,33,34). The van der Waals surface area contributed by atoms with Crippen LogP contribution < -0.4 is 5.32 Å². The van der Waals surface area contributed by atoms with E-state index in [1.54, 1.807) is 11.0 Å². The molecule has 1 N–H and O–H groups in total. The molecule has 7 rings (SSSR count). The number of anilines is 2. The van der Waals surface area contributed by atoms with Gasteiger partial charge in [0.15, 0.2) is 0 Å². The molecule has 2 saturated heterocycles. The van der Waals surface area contributed by atoms with Crippen molar-refractivity contribution in [3.63, 3.8) is 0 Å². The van der Waals surface area contributed by atoms with E-state index in [1.807, 2.05) is 6.07 Å². The average molecular weight is 588 g/mol. The monoisotopic (exact) mass is 587 g/mol. The Balaban J connectivity index is 1.22. The van der Waals surface area contributed by atoms with Gasteiger partial charge in [0.25, 0.3) is 5.91 Å². The molecule has 2 aromatic heterocycles. The average Bonchev–Trinajstić information content (AvgIpc) is 3.65. The predicted molar refractivity (Wildman–Crippen MR) is 149 cm³/mol. The Morgan fingerprint density at radius 3 is 2.60 bits per heavy atom. The lowest BCUT2D eigenvalue weighted by Crippen LogP contribution is -2.52. The number of benzene rings is 1. The molecule has 3 aliphatic heterocycles. The van der Waals surface area contributed by atoms with Crippen molar-refractivity contribution in [1.82, 2.24) is 19.8 Å². The van der Waals surface area contributed by atoms with E-state index in [0.717, 1.165) is 49.2 Å². The summed E-state index contributed by atoms with van der Waals surface area (Å²) in [5.74, 6) is 1.57. The molecule has 3 aromatic rings. The second-order valence-corrected chi connectivity index (χ2v) is 13.1. The zero-order valence-electron chi connectivity index (χ0n) is 21.8. The first-order chi connectivity index (χ1) is 19.2. The number of likely N-dealkylation sites (N-methyl/N-ethyl adjacent to an activating group) is 1. The molecule has 0 unspecified atom stereocenters. The molecule has 1 amide bonds. The number of ether oxygens (including phenoxy) is 1. The number of carbonyl (C=O) groups excluding carboxylic acids is 1. The van der Waals surface area contributed by atoms with Gasteiger partial charge in [-0.05, 0) is 49.1 Å². The minimum Gasteiger partial charge on any atom is -0.377 e. The van der Waals surface area contributed by atoms with E-state index >= 15 is 0 Å². The zero-order chi connectivity index (χ0) is 27.6. The van der Waals surface area contributed by atoms with Crippen LogP contribution in [0.2, 0.25) is 0 Å². The van der Waals surface area contributed by atoms with Crippen molar-refractivity contribution in [2.45, 2.75) is 41.8 Å². The molecule has 5 heterocycles. The molecule has 0 radical (unpaired) electrons. The highest BCUT2D eigenvalue weighted by atomic mass is 32.2. The van der Waals surface area contributed by atoms with E-state index < -0.39 is 11.7 Å². The lowest BCUT2D eigenvalue weighted by atomic mass is 9.89. The van der Waals surface area contributed by atoms with Gasteiger partial charge >= 0.3 is 6.18 Å². The quantitative estimate of drug-likeness (QED) is 0.390. The van der Waals surface area contributed by atoms with Crippen LogP contribution in [-0.4, -0.2) is 77.4 Å². The fourth-order valence-corrected chi connectivity index (χ4v) is 7.85. The van der Waals surface area contributed by atoms with Crippen LogP contribution in [0.5, 0.6) is 0 Å². The number of likely N-dealkylation sites (tertiary alicyclic amines) is 1. The number of thiophene rings is 1. The largest absolute Gasteiger partial charge is 0.420 e. The summed E-state index contributed by atoms with van der Waals surface area (Å²) in [5, 5.41) is 3.22. The Labute approximate surface area is 238 Å². The van der Waals surface area contributed by atoms with Crippen LogP contribution in [0.15, 0.2) is 35.4 Å². The number of rotatable bonds is 6. The number of aromatic nitrogens is 2. The molecule has 0 atom stereocenters. The number of halogens is 3. The number of nitrogens with one attached hydrogen (secondary N) is 1. The van der Waals surface area contributed by atoms with E-state index in [1.165, 1.54) is 22.9 Å². The summed E-state index contributed by atoms with van der Waals surface area (Å²) in [5.41, 5.74) is 2.17. The van der Waals surface area contributed by atoms with Crippen LogP contribution in [0, 0.1) is 0 Å². The summed E-state index contributed by atoms with van der Waals surface area (Å²) < 4.78 is 47.6. The van der Waals surface area contributed by atoms with Crippen LogP contribution in [0.25, 0.3) is 10.6 Å². The van der Waals surface area contributed by atoms with E-state index in [4.69, 9.17) is 4.74 Å². The topological polar surface area (TPSA) is 70.6 Å². The van der Waals surface area contributed by atoms with Crippen LogP contribution in [-0.2, 0) is 10.9 Å². The third-order valence-corrected chi connectivity index (χ3v) is 10.3. The van der Waals surface area contributed by atoms with Crippen molar-refractivity contribution in [3.05, 3.63) is 52.0 Å². The van der Waals surface area contributed by atoms with Crippen LogP contribution >= 0.6 is 23.1 Å². The van der Waals surface area contributed by atoms with Crippen molar-refractivity contribution < 1.29 is 22.7 Å². The number of nitrogens with zero attached hydrogens (tertiary/aromatic N) is 4. The maximum Gasteiger partial charge on any atom is 0.420 e. The molecule has 210 valence electrons. The molecule has 0 spiro atoms. The number of hydrogen-bond acceptors (Lipinski definition) is 8. The normalized spacial score (nSPS) is 20.6. The highest BCUT2D eigenvalue weighted by molar-refractivity contribution is 7.99. The molecule has 1 saturated carbocycles. The first-order valence-corrected chi connectivity index (χ1v) is 15.2. The SMILES string of the molecule is CN1CC(c2ccc(Nc3ncc(C(F)(F)F)c(-c4cc5c(s4)C(=O)N(C4COC4)CCS5)n3)c(C3CC3)c2)C1. The number of thioether (sulfide) groups is 1. The number of alkyl halides is 3. The minimum atomic E-state index is -4.64. The summed E-state index contributed by atoms with van der Waals surface area (Å²) in [6, 6.07) is 8.02. The second kappa shape index (κ2) is 10.0.